The third-order valence-electron chi connectivity index (χ3n) is 5.19. The number of carbonyl (C=O) groups excluding carboxylic acids is 2. The molecule has 1 aliphatic heterocycles. The summed E-state index contributed by atoms with van der Waals surface area (Å²) in [5.41, 5.74) is 1.27. The molecular formula is C22H25NO6S. The van der Waals surface area contributed by atoms with E-state index < -0.39 is 22.0 Å². The van der Waals surface area contributed by atoms with Crippen LogP contribution in [0.5, 0.6) is 0 Å². The molecule has 2 aromatic carbocycles. The highest BCUT2D eigenvalue weighted by molar-refractivity contribution is 7.89. The van der Waals surface area contributed by atoms with Crippen LogP contribution in [0.25, 0.3) is 0 Å². The minimum Gasteiger partial charge on any atom is -0.465 e. The Kier molecular flexibility index (Phi) is 6.89. The zero-order valence-electron chi connectivity index (χ0n) is 17.0. The summed E-state index contributed by atoms with van der Waals surface area (Å²) in [6.07, 6.45) is 1.70. The van der Waals surface area contributed by atoms with Crippen molar-refractivity contribution in [3.63, 3.8) is 0 Å². The van der Waals surface area contributed by atoms with E-state index in [0.717, 1.165) is 12.8 Å². The Balaban J connectivity index is 1.63. The minimum atomic E-state index is -3.56. The fourth-order valence-corrected chi connectivity index (χ4v) is 4.75. The van der Waals surface area contributed by atoms with E-state index in [2.05, 4.69) is 11.7 Å². The van der Waals surface area contributed by atoms with E-state index in [-0.39, 0.29) is 17.1 Å². The number of rotatable bonds is 6. The number of methoxy groups -OCH3 is 1. The number of piperidine rings is 1. The first-order valence-electron chi connectivity index (χ1n) is 9.76. The molecule has 160 valence electrons. The van der Waals surface area contributed by atoms with Gasteiger partial charge in [0.05, 0.1) is 23.1 Å². The van der Waals surface area contributed by atoms with Crippen LogP contribution in [0.4, 0.5) is 0 Å². The van der Waals surface area contributed by atoms with Gasteiger partial charge in [-0.25, -0.2) is 18.0 Å². The highest BCUT2D eigenvalue weighted by atomic mass is 32.2. The molecule has 1 heterocycles. The van der Waals surface area contributed by atoms with E-state index in [1.54, 1.807) is 24.3 Å². The summed E-state index contributed by atoms with van der Waals surface area (Å²) in [5, 5.41) is 0. The molecule has 0 N–H and O–H groups in total. The SMILES string of the molecule is COC(=O)c1cccc(COC(=O)c2ccc(S(=O)(=O)N3CCC(C)CC3)cc2)c1. The van der Waals surface area contributed by atoms with Crippen molar-refractivity contribution in [1.82, 2.24) is 4.31 Å². The van der Waals surface area contributed by atoms with Crippen molar-refractivity contribution in [2.75, 3.05) is 20.2 Å². The van der Waals surface area contributed by atoms with Crippen LogP contribution in [0.1, 0.15) is 46.0 Å². The molecule has 1 saturated heterocycles. The van der Waals surface area contributed by atoms with Gasteiger partial charge in [-0.1, -0.05) is 19.1 Å². The monoisotopic (exact) mass is 431 g/mol. The molecule has 0 unspecified atom stereocenters. The first kappa shape index (κ1) is 22.0. The molecule has 0 amide bonds. The molecule has 0 bridgehead atoms. The molecule has 0 radical (unpaired) electrons. The molecular weight excluding hydrogens is 406 g/mol. The number of ether oxygens (including phenoxy) is 2. The van der Waals surface area contributed by atoms with Crippen LogP contribution in [0, 0.1) is 5.92 Å². The molecule has 1 fully saturated rings. The molecule has 0 spiro atoms. The van der Waals surface area contributed by atoms with Gasteiger partial charge >= 0.3 is 11.9 Å². The predicted molar refractivity (Wildman–Crippen MR) is 110 cm³/mol. The molecule has 0 aromatic heterocycles. The van der Waals surface area contributed by atoms with Crippen molar-refractivity contribution in [3.8, 4) is 0 Å². The smallest absolute Gasteiger partial charge is 0.338 e. The second kappa shape index (κ2) is 9.40. The van der Waals surface area contributed by atoms with Crippen LogP contribution >= 0.6 is 0 Å². The topological polar surface area (TPSA) is 90.0 Å². The fraction of sp³-hybridized carbons (Fsp3) is 0.364. The van der Waals surface area contributed by atoms with Crippen LogP contribution in [0.3, 0.4) is 0 Å². The number of nitrogens with zero attached hydrogens (tertiary/aromatic N) is 1. The first-order valence-corrected chi connectivity index (χ1v) is 11.2. The van der Waals surface area contributed by atoms with E-state index in [0.29, 0.717) is 30.1 Å². The van der Waals surface area contributed by atoms with Crippen molar-refractivity contribution >= 4 is 22.0 Å². The molecule has 0 aliphatic carbocycles. The number of carbonyl (C=O) groups is 2. The van der Waals surface area contributed by atoms with Gasteiger partial charge in [-0.2, -0.15) is 4.31 Å². The van der Waals surface area contributed by atoms with Gasteiger partial charge in [-0.3, -0.25) is 0 Å². The van der Waals surface area contributed by atoms with Crippen LogP contribution in [-0.2, 0) is 26.1 Å². The Morgan fingerprint density at radius 1 is 1.00 bits per heavy atom. The maximum absolute atomic E-state index is 12.8. The summed E-state index contributed by atoms with van der Waals surface area (Å²) < 4.78 is 37.0. The molecule has 2 aromatic rings. The molecule has 3 rings (SSSR count). The highest BCUT2D eigenvalue weighted by Crippen LogP contribution is 2.23. The number of hydrogen-bond acceptors (Lipinski definition) is 6. The summed E-state index contributed by atoms with van der Waals surface area (Å²) in [7, 11) is -2.26. The minimum absolute atomic E-state index is 0.0182. The lowest BCUT2D eigenvalue weighted by atomic mass is 10.0. The van der Waals surface area contributed by atoms with Crippen LogP contribution in [0.2, 0.25) is 0 Å². The summed E-state index contributed by atoms with van der Waals surface area (Å²) in [4.78, 5) is 24.1. The summed E-state index contributed by atoms with van der Waals surface area (Å²) in [6, 6.07) is 12.4. The van der Waals surface area contributed by atoms with Gasteiger partial charge in [0, 0.05) is 13.1 Å². The maximum atomic E-state index is 12.8. The van der Waals surface area contributed by atoms with Gasteiger partial charge in [0.2, 0.25) is 10.0 Å². The third kappa shape index (κ3) is 5.06. The predicted octanol–water partition coefficient (Wildman–Crippen LogP) is 3.25. The summed E-state index contributed by atoms with van der Waals surface area (Å²) in [5.74, 6) is -0.515. The van der Waals surface area contributed by atoms with Crippen molar-refractivity contribution in [2.45, 2.75) is 31.3 Å². The van der Waals surface area contributed by atoms with E-state index in [1.807, 2.05) is 0 Å². The number of sulfonamides is 1. The van der Waals surface area contributed by atoms with Crippen LogP contribution in [0.15, 0.2) is 53.4 Å². The van der Waals surface area contributed by atoms with Gasteiger partial charge in [0.1, 0.15) is 6.61 Å². The highest BCUT2D eigenvalue weighted by Gasteiger charge is 2.28. The maximum Gasteiger partial charge on any atom is 0.338 e. The van der Waals surface area contributed by atoms with E-state index in [1.165, 1.54) is 35.7 Å². The van der Waals surface area contributed by atoms with Gasteiger partial charge in [-0.15, -0.1) is 0 Å². The largest absolute Gasteiger partial charge is 0.465 e. The Morgan fingerprint density at radius 2 is 1.67 bits per heavy atom. The van der Waals surface area contributed by atoms with Crippen molar-refractivity contribution in [2.24, 2.45) is 5.92 Å². The zero-order valence-corrected chi connectivity index (χ0v) is 17.9. The molecule has 0 saturated carbocycles. The molecule has 7 nitrogen and oxygen atoms in total. The summed E-state index contributed by atoms with van der Waals surface area (Å²) in [6.45, 7) is 3.13. The molecule has 0 atom stereocenters. The lowest BCUT2D eigenvalue weighted by Gasteiger charge is -2.29. The molecule has 8 heteroatoms. The Bertz CT molecular complexity index is 1010. The van der Waals surface area contributed by atoms with Gasteiger partial charge in [0.15, 0.2) is 0 Å². The normalized spacial score (nSPS) is 15.5. The van der Waals surface area contributed by atoms with Crippen LogP contribution < -0.4 is 0 Å². The second-order valence-corrected chi connectivity index (χ2v) is 9.32. The zero-order chi connectivity index (χ0) is 21.7. The van der Waals surface area contributed by atoms with Gasteiger partial charge < -0.3 is 9.47 Å². The number of hydrogen-bond donors (Lipinski definition) is 0. The lowest BCUT2D eigenvalue weighted by molar-refractivity contribution is 0.0472. The number of esters is 2. The average molecular weight is 432 g/mol. The Hall–Kier alpha value is -2.71. The number of benzene rings is 2. The van der Waals surface area contributed by atoms with Crippen molar-refractivity contribution in [3.05, 3.63) is 65.2 Å². The molecule has 30 heavy (non-hydrogen) atoms. The van der Waals surface area contributed by atoms with Gasteiger partial charge in [-0.05, 0) is 60.7 Å². The standard InChI is InChI=1S/C22H25NO6S/c1-16-10-12-23(13-11-16)30(26,27)20-8-6-18(7-9-20)22(25)29-15-17-4-3-5-19(14-17)21(24)28-2/h3-9,14,16H,10-13,15H2,1-2H3. The van der Waals surface area contributed by atoms with E-state index >= 15 is 0 Å². The first-order chi connectivity index (χ1) is 14.3. The van der Waals surface area contributed by atoms with Crippen LogP contribution in [-0.4, -0.2) is 44.9 Å². The second-order valence-electron chi connectivity index (χ2n) is 7.38. The summed E-state index contributed by atoms with van der Waals surface area (Å²) >= 11 is 0. The third-order valence-corrected chi connectivity index (χ3v) is 7.10. The Morgan fingerprint density at radius 3 is 2.30 bits per heavy atom. The van der Waals surface area contributed by atoms with Crippen molar-refractivity contribution in [1.29, 1.82) is 0 Å². The fourth-order valence-electron chi connectivity index (χ4n) is 3.28. The Labute approximate surface area is 176 Å². The van der Waals surface area contributed by atoms with Crippen molar-refractivity contribution < 1.29 is 27.5 Å². The van der Waals surface area contributed by atoms with Gasteiger partial charge in [0.25, 0.3) is 0 Å². The quantitative estimate of drug-likeness (QED) is 0.652. The average Bonchev–Trinajstić information content (AvgIpc) is 2.77. The van der Waals surface area contributed by atoms with E-state index in [9.17, 15) is 18.0 Å². The molecule has 1 aliphatic rings. The lowest BCUT2D eigenvalue weighted by Crippen LogP contribution is -2.37. The van der Waals surface area contributed by atoms with E-state index in [4.69, 9.17) is 4.74 Å².